The van der Waals surface area contributed by atoms with Crippen LogP contribution in [-0.2, 0) is 0 Å². The van der Waals surface area contributed by atoms with Crippen molar-refractivity contribution in [2.45, 2.75) is 0 Å². The van der Waals surface area contributed by atoms with Crippen LogP contribution in [0.2, 0.25) is 5.02 Å². The number of halogens is 1. The van der Waals surface area contributed by atoms with Gasteiger partial charge in [-0.3, -0.25) is 9.59 Å². The quantitative estimate of drug-likeness (QED) is 0.466. The maximum atomic E-state index is 12.7. The van der Waals surface area contributed by atoms with Gasteiger partial charge in [0.25, 0.3) is 11.8 Å². The summed E-state index contributed by atoms with van der Waals surface area (Å²) < 4.78 is 5.78. The minimum Gasteiger partial charge on any atom is -0.436 e. The molecule has 0 aliphatic carbocycles. The summed E-state index contributed by atoms with van der Waals surface area (Å²) in [6, 6.07) is 19.0. The number of benzene rings is 3. The highest BCUT2D eigenvalue weighted by molar-refractivity contribution is 6.34. The third-order valence-electron chi connectivity index (χ3n) is 4.51. The maximum absolute atomic E-state index is 12.7. The van der Waals surface area contributed by atoms with Crippen LogP contribution in [0, 0.1) is 0 Å². The van der Waals surface area contributed by atoms with Crippen LogP contribution in [0.1, 0.15) is 20.7 Å². The molecule has 130 valence electrons. The van der Waals surface area contributed by atoms with Crippen molar-refractivity contribution in [2.24, 2.45) is 0 Å². The molecule has 0 fully saturated rings. The molecule has 5 rings (SSSR count). The SMILES string of the molecule is O=C1c2ccccc2C(=O)N1c1ccc2oc(-c3ccc(Cl)cc3)nc2c1. The summed E-state index contributed by atoms with van der Waals surface area (Å²) in [6.45, 7) is 0. The molecule has 1 aliphatic rings. The Morgan fingerprint density at radius 3 is 2.19 bits per heavy atom. The second kappa shape index (κ2) is 5.79. The van der Waals surface area contributed by atoms with Gasteiger partial charge in [0.2, 0.25) is 5.89 Å². The van der Waals surface area contributed by atoms with Crippen LogP contribution in [0.3, 0.4) is 0 Å². The van der Waals surface area contributed by atoms with Crippen LogP contribution in [0.4, 0.5) is 5.69 Å². The lowest BCUT2D eigenvalue weighted by molar-refractivity contribution is 0.0926. The van der Waals surface area contributed by atoms with E-state index < -0.39 is 0 Å². The lowest BCUT2D eigenvalue weighted by atomic mass is 10.1. The van der Waals surface area contributed by atoms with Gasteiger partial charge < -0.3 is 4.42 Å². The molecule has 0 saturated carbocycles. The first-order valence-electron chi connectivity index (χ1n) is 8.26. The monoisotopic (exact) mass is 374 g/mol. The molecule has 6 heteroatoms. The number of carbonyl (C=O) groups is 2. The fourth-order valence-corrected chi connectivity index (χ4v) is 3.32. The normalized spacial score (nSPS) is 13.4. The second-order valence-electron chi connectivity index (χ2n) is 6.17. The highest BCUT2D eigenvalue weighted by Gasteiger charge is 2.36. The van der Waals surface area contributed by atoms with Gasteiger partial charge in [0.15, 0.2) is 5.58 Å². The van der Waals surface area contributed by atoms with Gasteiger partial charge >= 0.3 is 0 Å². The molecule has 4 aromatic rings. The molecule has 0 bridgehead atoms. The van der Waals surface area contributed by atoms with E-state index in [0.717, 1.165) is 5.56 Å². The molecule has 0 radical (unpaired) electrons. The van der Waals surface area contributed by atoms with Crippen molar-refractivity contribution in [1.82, 2.24) is 4.98 Å². The van der Waals surface area contributed by atoms with Crippen molar-refractivity contribution in [2.75, 3.05) is 4.90 Å². The Kier molecular flexibility index (Phi) is 3.39. The largest absolute Gasteiger partial charge is 0.436 e. The van der Waals surface area contributed by atoms with Gasteiger partial charge in [-0.1, -0.05) is 23.7 Å². The minimum absolute atomic E-state index is 0.337. The van der Waals surface area contributed by atoms with Crippen LogP contribution in [-0.4, -0.2) is 16.8 Å². The Morgan fingerprint density at radius 1 is 0.852 bits per heavy atom. The predicted octanol–water partition coefficient (Wildman–Crippen LogP) is 4.95. The maximum Gasteiger partial charge on any atom is 0.266 e. The molecular weight excluding hydrogens is 364 g/mol. The number of rotatable bonds is 2. The van der Waals surface area contributed by atoms with Crippen molar-refractivity contribution in [3.8, 4) is 11.5 Å². The number of anilines is 1. The third kappa shape index (κ3) is 2.44. The third-order valence-corrected chi connectivity index (χ3v) is 4.77. The molecule has 5 nitrogen and oxygen atoms in total. The Bertz CT molecular complexity index is 1190. The second-order valence-corrected chi connectivity index (χ2v) is 6.61. The number of imide groups is 1. The van der Waals surface area contributed by atoms with Crippen molar-refractivity contribution >= 4 is 40.2 Å². The average Bonchev–Trinajstić information content (AvgIpc) is 3.22. The summed E-state index contributed by atoms with van der Waals surface area (Å²) in [7, 11) is 0. The number of fused-ring (bicyclic) bond motifs is 2. The van der Waals surface area contributed by atoms with Gasteiger partial charge in [0.05, 0.1) is 16.8 Å². The summed E-state index contributed by atoms with van der Waals surface area (Å²) in [5.41, 5.74) is 3.20. The van der Waals surface area contributed by atoms with E-state index in [9.17, 15) is 9.59 Å². The first kappa shape index (κ1) is 15.8. The molecular formula is C21H11ClN2O3. The number of hydrogen-bond donors (Lipinski definition) is 0. The lowest BCUT2D eigenvalue weighted by Crippen LogP contribution is -2.29. The topological polar surface area (TPSA) is 63.4 Å². The average molecular weight is 375 g/mol. The molecule has 3 aromatic carbocycles. The smallest absolute Gasteiger partial charge is 0.266 e. The standard InChI is InChI=1S/C21H11ClN2O3/c22-13-7-5-12(6-8-13)19-23-17-11-14(9-10-18(17)27-19)24-20(25)15-3-1-2-4-16(15)21(24)26/h1-11H. The molecule has 0 unspecified atom stereocenters. The molecule has 0 N–H and O–H groups in total. The first-order chi connectivity index (χ1) is 13.1. The molecule has 27 heavy (non-hydrogen) atoms. The molecule has 0 saturated heterocycles. The summed E-state index contributed by atoms with van der Waals surface area (Å²) in [5.74, 6) is -0.228. The Labute approximate surface area is 158 Å². The van der Waals surface area contributed by atoms with E-state index in [0.29, 0.717) is 38.8 Å². The number of hydrogen-bond acceptors (Lipinski definition) is 4. The number of aromatic nitrogens is 1. The van der Waals surface area contributed by atoms with E-state index in [1.807, 2.05) is 12.1 Å². The molecule has 2 heterocycles. The molecule has 1 aromatic heterocycles. The zero-order valence-electron chi connectivity index (χ0n) is 13.8. The van der Waals surface area contributed by atoms with E-state index in [2.05, 4.69) is 4.98 Å². The predicted molar refractivity (Wildman–Crippen MR) is 102 cm³/mol. The van der Waals surface area contributed by atoms with Crippen LogP contribution >= 0.6 is 11.6 Å². The zero-order valence-corrected chi connectivity index (χ0v) is 14.6. The molecule has 0 atom stereocenters. The minimum atomic E-state index is -0.337. The van der Waals surface area contributed by atoms with Gasteiger partial charge in [0, 0.05) is 10.6 Å². The van der Waals surface area contributed by atoms with Crippen LogP contribution in [0.25, 0.3) is 22.6 Å². The van der Waals surface area contributed by atoms with Gasteiger partial charge in [-0.25, -0.2) is 9.88 Å². The van der Waals surface area contributed by atoms with Gasteiger partial charge in [-0.05, 0) is 54.6 Å². The summed E-state index contributed by atoms with van der Waals surface area (Å²) >= 11 is 5.92. The fourth-order valence-electron chi connectivity index (χ4n) is 3.19. The number of nitrogens with zero attached hydrogens (tertiary/aromatic N) is 2. The first-order valence-corrected chi connectivity index (χ1v) is 8.64. The lowest BCUT2D eigenvalue weighted by Gasteiger charge is -2.13. The summed E-state index contributed by atoms with van der Waals surface area (Å²) in [5, 5.41) is 0.628. The van der Waals surface area contributed by atoms with E-state index in [4.69, 9.17) is 16.0 Å². The van der Waals surface area contributed by atoms with Crippen LogP contribution < -0.4 is 4.90 Å². The molecule has 1 aliphatic heterocycles. The molecule has 0 spiro atoms. The highest BCUT2D eigenvalue weighted by Crippen LogP contribution is 2.32. The zero-order chi connectivity index (χ0) is 18.5. The summed E-state index contributed by atoms with van der Waals surface area (Å²) in [4.78, 5) is 31.0. The van der Waals surface area contributed by atoms with Gasteiger partial charge in [-0.15, -0.1) is 0 Å². The molecule has 2 amide bonds. The van der Waals surface area contributed by atoms with Gasteiger partial charge in [0.1, 0.15) is 5.52 Å². The Balaban J connectivity index is 1.57. The van der Waals surface area contributed by atoms with Crippen molar-refractivity contribution < 1.29 is 14.0 Å². The van der Waals surface area contributed by atoms with Crippen LogP contribution in [0.5, 0.6) is 0 Å². The van der Waals surface area contributed by atoms with E-state index in [1.54, 1.807) is 54.6 Å². The van der Waals surface area contributed by atoms with E-state index >= 15 is 0 Å². The van der Waals surface area contributed by atoms with E-state index in [-0.39, 0.29) is 11.8 Å². The Hall–Kier alpha value is -3.44. The fraction of sp³-hybridized carbons (Fsp3) is 0. The van der Waals surface area contributed by atoms with Crippen LogP contribution in [0.15, 0.2) is 71.1 Å². The number of amides is 2. The van der Waals surface area contributed by atoms with Crippen molar-refractivity contribution in [3.63, 3.8) is 0 Å². The van der Waals surface area contributed by atoms with Gasteiger partial charge in [-0.2, -0.15) is 0 Å². The highest BCUT2D eigenvalue weighted by atomic mass is 35.5. The number of oxazole rings is 1. The number of carbonyl (C=O) groups excluding carboxylic acids is 2. The van der Waals surface area contributed by atoms with Crippen molar-refractivity contribution in [1.29, 1.82) is 0 Å². The Morgan fingerprint density at radius 2 is 1.52 bits per heavy atom. The van der Waals surface area contributed by atoms with E-state index in [1.165, 1.54) is 4.90 Å². The van der Waals surface area contributed by atoms with Crippen molar-refractivity contribution in [3.05, 3.63) is 82.9 Å². The summed E-state index contributed by atoms with van der Waals surface area (Å²) in [6.07, 6.45) is 0.